The molecule has 1 heterocycles. The van der Waals surface area contributed by atoms with Crippen molar-refractivity contribution < 1.29 is 0 Å². The van der Waals surface area contributed by atoms with Crippen molar-refractivity contribution in [3.63, 3.8) is 0 Å². The highest BCUT2D eigenvalue weighted by atomic mass is 32.2. The fourth-order valence-corrected chi connectivity index (χ4v) is 3.78. The average molecular weight is 199 g/mol. The van der Waals surface area contributed by atoms with E-state index in [2.05, 4.69) is 37.4 Å². The molecule has 0 radical (unpaired) electrons. The van der Waals surface area contributed by atoms with Crippen molar-refractivity contribution in [3.8, 4) is 0 Å². The highest BCUT2D eigenvalue weighted by Gasteiger charge is 2.34. The van der Waals surface area contributed by atoms with Gasteiger partial charge in [0.05, 0.1) is 0 Å². The number of rotatable bonds is 2. The molecule has 3 atom stereocenters. The van der Waals surface area contributed by atoms with Crippen LogP contribution in [0.25, 0.3) is 0 Å². The summed E-state index contributed by atoms with van der Waals surface area (Å²) in [5.41, 5.74) is 0. The van der Waals surface area contributed by atoms with E-state index in [0.717, 1.165) is 22.5 Å². The third-order valence-electron chi connectivity index (χ3n) is 3.33. The van der Waals surface area contributed by atoms with Crippen LogP contribution in [0.15, 0.2) is 0 Å². The third-order valence-corrected chi connectivity index (χ3v) is 4.56. The van der Waals surface area contributed by atoms with Crippen LogP contribution < -0.4 is 0 Å². The van der Waals surface area contributed by atoms with E-state index < -0.39 is 0 Å². The van der Waals surface area contributed by atoms with Crippen LogP contribution in [0, 0.1) is 5.92 Å². The second-order valence-electron chi connectivity index (χ2n) is 4.79. The number of hydrogen-bond donors (Lipinski definition) is 0. The Labute approximate surface area is 86.3 Å². The van der Waals surface area contributed by atoms with Crippen LogP contribution in [0.2, 0.25) is 0 Å². The zero-order chi connectivity index (χ0) is 9.42. The zero-order valence-corrected chi connectivity index (χ0v) is 9.81. The van der Waals surface area contributed by atoms with Gasteiger partial charge in [0.2, 0.25) is 0 Å². The Morgan fingerprint density at radius 3 is 2.15 bits per heavy atom. The average Bonchev–Trinajstić information content (AvgIpc) is 2.83. The van der Waals surface area contributed by atoms with Crippen LogP contribution in [-0.2, 0) is 0 Å². The molecule has 1 saturated carbocycles. The van der Waals surface area contributed by atoms with Gasteiger partial charge >= 0.3 is 0 Å². The highest BCUT2D eigenvalue weighted by molar-refractivity contribution is 8.00. The lowest BCUT2D eigenvalue weighted by Crippen LogP contribution is -2.46. The topological polar surface area (TPSA) is 3.24 Å². The Kier molecular flexibility index (Phi) is 2.89. The molecular weight excluding hydrogens is 178 g/mol. The molecule has 1 aliphatic heterocycles. The maximum absolute atomic E-state index is 2.71. The molecule has 0 aromatic carbocycles. The van der Waals surface area contributed by atoms with Crippen molar-refractivity contribution in [2.75, 3.05) is 13.1 Å². The molecule has 0 aromatic heterocycles. The van der Waals surface area contributed by atoms with Gasteiger partial charge in [0, 0.05) is 29.6 Å². The SMILES string of the molecule is CC1CN(C(C)C2CC2)CC(C)S1. The summed E-state index contributed by atoms with van der Waals surface area (Å²) in [6.07, 6.45) is 2.96. The Hall–Kier alpha value is 0.310. The lowest BCUT2D eigenvalue weighted by Gasteiger charge is -2.38. The van der Waals surface area contributed by atoms with Crippen molar-refractivity contribution >= 4 is 11.8 Å². The summed E-state index contributed by atoms with van der Waals surface area (Å²) < 4.78 is 0. The van der Waals surface area contributed by atoms with E-state index in [1.807, 2.05) is 0 Å². The highest BCUT2D eigenvalue weighted by Crippen LogP contribution is 2.37. The molecule has 0 bridgehead atoms. The fraction of sp³-hybridized carbons (Fsp3) is 1.00. The quantitative estimate of drug-likeness (QED) is 0.672. The van der Waals surface area contributed by atoms with Crippen LogP contribution in [0.5, 0.6) is 0 Å². The van der Waals surface area contributed by atoms with Gasteiger partial charge in [-0.2, -0.15) is 11.8 Å². The molecule has 1 saturated heterocycles. The lowest BCUT2D eigenvalue weighted by atomic mass is 10.1. The van der Waals surface area contributed by atoms with Gasteiger partial charge in [-0.3, -0.25) is 4.90 Å². The second-order valence-corrected chi connectivity index (χ2v) is 6.67. The van der Waals surface area contributed by atoms with E-state index in [0.29, 0.717) is 0 Å². The first-order valence-corrected chi connectivity index (χ1v) is 6.50. The summed E-state index contributed by atoms with van der Waals surface area (Å²) in [6, 6.07) is 0.853. The van der Waals surface area contributed by atoms with Gasteiger partial charge in [-0.05, 0) is 25.7 Å². The van der Waals surface area contributed by atoms with Gasteiger partial charge in [-0.15, -0.1) is 0 Å². The van der Waals surface area contributed by atoms with E-state index in [1.54, 1.807) is 0 Å². The minimum absolute atomic E-state index is 0.838. The molecule has 0 N–H and O–H groups in total. The van der Waals surface area contributed by atoms with Gasteiger partial charge in [0.25, 0.3) is 0 Å². The van der Waals surface area contributed by atoms with Gasteiger partial charge in [0.15, 0.2) is 0 Å². The summed E-state index contributed by atoms with van der Waals surface area (Å²) in [4.78, 5) is 2.71. The molecular formula is C11H21NS. The molecule has 1 nitrogen and oxygen atoms in total. The maximum atomic E-state index is 2.71. The Morgan fingerprint density at radius 2 is 1.69 bits per heavy atom. The van der Waals surface area contributed by atoms with Crippen molar-refractivity contribution in [1.82, 2.24) is 4.90 Å². The Morgan fingerprint density at radius 1 is 1.15 bits per heavy atom. The molecule has 3 unspecified atom stereocenters. The van der Waals surface area contributed by atoms with E-state index in [4.69, 9.17) is 0 Å². The third kappa shape index (κ3) is 2.41. The monoisotopic (exact) mass is 199 g/mol. The largest absolute Gasteiger partial charge is 0.298 e. The van der Waals surface area contributed by atoms with Crippen molar-refractivity contribution in [2.45, 2.75) is 50.2 Å². The first kappa shape index (κ1) is 9.85. The summed E-state index contributed by atoms with van der Waals surface area (Å²) in [6.45, 7) is 9.78. The van der Waals surface area contributed by atoms with E-state index in [-0.39, 0.29) is 0 Å². The standard InChI is InChI=1S/C11H21NS/c1-8-6-12(7-9(2)13-8)10(3)11-4-5-11/h8-11H,4-7H2,1-3H3. The molecule has 2 heteroatoms. The smallest absolute Gasteiger partial charge is 0.0149 e. The molecule has 0 amide bonds. The van der Waals surface area contributed by atoms with E-state index >= 15 is 0 Å². The van der Waals surface area contributed by atoms with Crippen molar-refractivity contribution in [3.05, 3.63) is 0 Å². The van der Waals surface area contributed by atoms with Crippen molar-refractivity contribution in [2.24, 2.45) is 5.92 Å². The Balaban J connectivity index is 1.89. The first-order valence-electron chi connectivity index (χ1n) is 5.56. The number of hydrogen-bond acceptors (Lipinski definition) is 2. The molecule has 1 aliphatic carbocycles. The molecule has 2 aliphatic rings. The van der Waals surface area contributed by atoms with Crippen molar-refractivity contribution in [1.29, 1.82) is 0 Å². The molecule has 13 heavy (non-hydrogen) atoms. The van der Waals surface area contributed by atoms with Gasteiger partial charge in [-0.25, -0.2) is 0 Å². The minimum atomic E-state index is 0.838. The number of nitrogens with zero attached hydrogens (tertiary/aromatic N) is 1. The van der Waals surface area contributed by atoms with Gasteiger partial charge in [-0.1, -0.05) is 13.8 Å². The maximum Gasteiger partial charge on any atom is 0.0149 e. The van der Waals surface area contributed by atoms with Crippen LogP contribution >= 0.6 is 11.8 Å². The fourth-order valence-electron chi connectivity index (χ4n) is 2.43. The molecule has 2 fully saturated rings. The Bertz CT molecular complexity index is 169. The summed E-state index contributed by atoms with van der Waals surface area (Å²) >= 11 is 2.15. The van der Waals surface area contributed by atoms with Gasteiger partial charge < -0.3 is 0 Å². The van der Waals surface area contributed by atoms with Crippen LogP contribution in [0.1, 0.15) is 33.6 Å². The predicted molar refractivity (Wildman–Crippen MR) is 60.3 cm³/mol. The minimum Gasteiger partial charge on any atom is -0.298 e. The van der Waals surface area contributed by atoms with E-state index in [9.17, 15) is 0 Å². The molecule has 2 rings (SSSR count). The molecule has 76 valence electrons. The van der Waals surface area contributed by atoms with Crippen LogP contribution in [0.3, 0.4) is 0 Å². The molecule has 0 spiro atoms. The summed E-state index contributed by atoms with van der Waals surface area (Å²) in [5.74, 6) is 1.03. The van der Waals surface area contributed by atoms with Crippen LogP contribution in [-0.4, -0.2) is 34.5 Å². The zero-order valence-electron chi connectivity index (χ0n) is 8.99. The van der Waals surface area contributed by atoms with E-state index in [1.165, 1.54) is 25.9 Å². The normalized spacial score (nSPS) is 39.0. The second kappa shape index (κ2) is 3.82. The molecule has 0 aromatic rings. The lowest BCUT2D eigenvalue weighted by molar-refractivity contribution is 0.187. The summed E-state index contributed by atoms with van der Waals surface area (Å²) in [5, 5.41) is 1.68. The first-order chi connectivity index (χ1) is 6.16. The number of thioether (sulfide) groups is 1. The van der Waals surface area contributed by atoms with Crippen LogP contribution in [0.4, 0.5) is 0 Å². The predicted octanol–water partition coefficient (Wildman–Crippen LogP) is 2.61. The van der Waals surface area contributed by atoms with Gasteiger partial charge in [0.1, 0.15) is 0 Å². The summed E-state index contributed by atoms with van der Waals surface area (Å²) in [7, 11) is 0.